The average Bonchev–Trinajstić information content (AvgIpc) is 2.64. The SMILES string of the molecule is CSCCCCCCC/C(=N/OS(=O)(=O)O)SC1OC(CO)C(O)C(O)C1O. The van der Waals surface area contributed by atoms with E-state index in [1.165, 1.54) is 0 Å². The maximum Gasteiger partial charge on any atom is 0.466 e. The van der Waals surface area contributed by atoms with Crippen LogP contribution in [0.3, 0.4) is 0 Å². The van der Waals surface area contributed by atoms with Crippen molar-refractivity contribution in [1.29, 1.82) is 0 Å². The molecule has 0 aromatic carbocycles. The van der Waals surface area contributed by atoms with Crippen LogP contribution in [0.1, 0.15) is 38.5 Å². The Morgan fingerprint density at radius 2 is 1.71 bits per heavy atom. The van der Waals surface area contributed by atoms with Crippen molar-refractivity contribution < 1.29 is 42.4 Å². The Bertz CT molecular complexity index is 573. The van der Waals surface area contributed by atoms with E-state index in [9.17, 15) is 28.8 Å². The molecule has 10 nitrogen and oxygen atoms in total. The number of hydrogen-bond acceptors (Lipinski definition) is 11. The summed E-state index contributed by atoms with van der Waals surface area (Å²) in [6.45, 7) is -0.577. The summed E-state index contributed by atoms with van der Waals surface area (Å²) in [5.74, 6) is 1.10. The molecule has 5 atom stereocenters. The predicted molar refractivity (Wildman–Crippen MR) is 108 cm³/mol. The molecule has 0 amide bonds. The van der Waals surface area contributed by atoms with E-state index >= 15 is 0 Å². The second-order valence-electron chi connectivity index (χ2n) is 6.31. The van der Waals surface area contributed by atoms with Crippen LogP contribution in [0.5, 0.6) is 0 Å². The number of ether oxygens (including phenoxy) is 1. The van der Waals surface area contributed by atoms with Crippen molar-refractivity contribution in [2.45, 2.75) is 68.4 Å². The lowest BCUT2D eigenvalue weighted by Crippen LogP contribution is -2.57. The van der Waals surface area contributed by atoms with Gasteiger partial charge in [-0.25, -0.2) is 4.28 Å². The summed E-state index contributed by atoms with van der Waals surface area (Å²) < 4.78 is 39.7. The van der Waals surface area contributed by atoms with Crippen LogP contribution >= 0.6 is 23.5 Å². The largest absolute Gasteiger partial charge is 0.466 e. The van der Waals surface area contributed by atoms with E-state index in [4.69, 9.17) is 9.29 Å². The molecule has 1 fully saturated rings. The number of thioether (sulfide) groups is 2. The smallest absolute Gasteiger partial charge is 0.394 e. The third kappa shape index (κ3) is 9.59. The monoisotopic (exact) mass is 463 g/mol. The molecule has 28 heavy (non-hydrogen) atoms. The van der Waals surface area contributed by atoms with Crippen molar-refractivity contribution in [1.82, 2.24) is 0 Å². The van der Waals surface area contributed by atoms with Gasteiger partial charge in [0.05, 0.1) is 6.61 Å². The van der Waals surface area contributed by atoms with Crippen LogP contribution < -0.4 is 0 Å². The second-order valence-corrected chi connectivity index (χ2v) is 9.47. The zero-order valence-corrected chi connectivity index (χ0v) is 18.0. The van der Waals surface area contributed by atoms with Gasteiger partial charge in [0.2, 0.25) is 0 Å². The summed E-state index contributed by atoms with van der Waals surface area (Å²) in [5, 5.41) is 42.5. The van der Waals surface area contributed by atoms with Gasteiger partial charge in [0, 0.05) is 0 Å². The number of aliphatic hydroxyl groups excluding tert-OH is 4. The number of rotatable bonds is 12. The summed E-state index contributed by atoms with van der Waals surface area (Å²) >= 11 is 2.59. The van der Waals surface area contributed by atoms with Crippen LogP contribution in [0, 0.1) is 0 Å². The lowest BCUT2D eigenvalue weighted by atomic mass is 10.0. The molecule has 0 spiro atoms. The molecule has 5 unspecified atom stereocenters. The molecule has 0 aromatic heterocycles. The van der Waals surface area contributed by atoms with Crippen LogP contribution in [0.15, 0.2) is 5.16 Å². The van der Waals surface area contributed by atoms with Crippen LogP contribution in [0.4, 0.5) is 0 Å². The molecule has 0 aliphatic carbocycles. The first-order valence-corrected chi connectivity index (χ1v) is 12.5. The van der Waals surface area contributed by atoms with Crippen molar-refractivity contribution in [2.24, 2.45) is 5.16 Å². The van der Waals surface area contributed by atoms with Crippen LogP contribution in [0.2, 0.25) is 0 Å². The highest BCUT2D eigenvalue weighted by molar-refractivity contribution is 8.14. The van der Waals surface area contributed by atoms with Crippen molar-refractivity contribution in [3.8, 4) is 0 Å². The van der Waals surface area contributed by atoms with Gasteiger partial charge in [-0.15, -0.1) is 0 Å². The summed E-state index contributed by atoms with van der Waals surface area (Å²) in [6.07, 6.45) is 1.45. The van der Waals surface area contributed by atoms with Crippen molar-refractivity contribution >= 4 is 39.0 Å². The third-order valence-electron chi connectivity index (χ3n) is 4.07. The summed E-state index contributed by atoms with van der Waals surface area (Å²) in [6, 6.07) is 0. The van der Waals surface area contributed by atoms with E-state index in [1.54, 1.807) is 11.8 Å². The summed E-state index contributed by atoms with van der Waals surface area (Å²) in [7, 11) is -4.79. The molecule has 5 N–H and O–H groups in total. The number of unbranched alkanes of at least 4 members (excludes halogenated alkanes) is 4. The molecule has 0 radical (unpaired) electrons. The highest BCUT2D eigenvalue weighted by Gasteiger charge is 2.44. The van der Waals surface area contributed by atoms with E-state index < -0.39 is 46.9 Å². The fourth-order valence-corrected chi connectivity index (χ4v) is 4.40. The van der Waals surface area contributed by atoms with Crippen LogP contribution in [-0.2, 0) is 19.4 Å². The maximum absolute atomic E-state index is 10.8. The minimum atomic E-state index is -4.79. The van der Waals surface area contributed by atoms with Gasteiger partial charge in [-0.3, -0.25) is 4.55 Å². The quantitative estimate of drug-likeness (QED) is 0.0891. The van der Waals surface area contributed by atoms with Crippen molar-refractivity contribution in [2.75, 3.05) is 18.6 Å². The number of aliphatic hydroxyl groups is 4. The molecule has 1 saturated heterocycles. The van der Waals surface area contributed by atoms with Gasteiger partial charge in [-0.05, 0) is 31.3 Å². The molecule has 13 heteroatoms. The first-order chi connectivity index (χ1) is 13.2. The van der Waals surface area contributed by atoms with Gasteiger partial charge >= 0.3 is 10.4 Å². The van der Waals surface area contributed by atoms with Crippen LogP contribution in [0.25, 0.3) is 0 Å². The number of oxime groups is 1. The van der Waals surface area contributed by atoms with E-state index in [1.807, 2.05) is 6.26 Å². The van der Waals surface area contributed by atoms with Gasteiger partial charge in [0.15, 0.2) is 0 Å². The Balaban J connectivity index is 2.66. The van der Waals surface area contributed by atoms with Gasteiger partial charge in [0.25, 0.3) is 0 Å². The molecule has 166 valence electrons. The fourth-order valence-electron chi connectivity index (χ4n) is 2.57. The lowest BCUT2D eigenvalue weighted by molar-refractivity contribution is -0.205. The Hall–Kier alpha value is -0.120. The number of hydrogen-bond donors (Lipinski definition) is 5. The van der Waals surface area contributed by atoms with Gasteiger partial charge in [-0.1, -0.05) is 36.2 Å². The second kappa shape index (κ2) is 13.2. The topological polar surface area (TPSA) is 166 Å². The van der Waals surface area contributed by atoms with Crippen molar-refractivity contribution in [3.63, 3.8) is 0 Å². The first kappa shape index (κ1) is 25.9. The van der Waals surface area contributed by atoms with E-state index in [2.05, 4.69) is 9.44 Å². The molecule has 0 bridgehead atoms. The molecule has 0 aromatic rings. The molecule has 0 saturated carbocycles. The Morgan fingerprint density at radius 1 is 1.07 bits per heavy atom. The zero-order valence-electron chi connectivity index (χ0n) is 15.6. The minimum Gasteiger partial charge on any atom is -0.394 e. The van der Waals surface area contributed by atoms with Gasteiger partial charge in [0.1, 0.15) is 34.9 Å². The van der Waals surface area contributed by atoms with E-state index in [0.717, 1.165) is 43.2 Å². The van der Waals surface area contributed by atoms with Gasteiger partial charge in [-0.2, -0.15) is 20.2 Å². The normalized spacial score (nSPS) is 29.1. The molecule has 1 aliphatic heterocycles. The van der Waals surface area contributed by atoms with Crippen LogP contribution in [-0.4, -0.2) is 86.9 Å². The van der Waals surface area contributed by atoms with E-state index in [-0.39, 0.29) is 5.04 Å². The molecular formula is C15H29NO9S3. The zero-order chi connectivity index (χ0) is 21.2. The average molecular weight is 464 g/mol. The summed E-state index contributed by atoms with van der Waals surface area (Å²) in [5.41, 5.74) is -1.11. The minimum absolute atomic E-state index is 0.131. The third-order valence-corrected chi connectivity index (χ3v) is 6.21. The Morgan fingerprint density at radius 3 is 2.32 bits per heavy atom. The predicted octanol–water partition coefficient (Wildman–Crippen LogP) is 0.356. The molecular weight excluding hydrogens is 434 g/mol. The molecule has 1 heterocycles. The van der Waals surface area contributed by atoms with Crippen molar-refractivity contribution in [3.05, 3.63) is 0 Å². The fraction of sp³-hybridized carbons (Fsp3) is 0.933. The van der Waals surface area contributed by atoms with E-state index in [0.29, 0.717) is 12.8 Å². The Labute approximate surface area is 173 Å². The lowest BCUT2D eigenvalue weighted by Gasteiger charge is -2.39. The molecule has 1 rings (SSSR count). The van der Waals surface area contributed by atoms with Gasteiger partial charge < -0.3 is 25.2 Å². The number of nitrogens with zero attached hydrogens (tertiary/aromatic N) is 1. The Kier molecular flexibility index (Phi) is 12.3. The maximum atomic E-state index is 10.8. The highest BCUT2D eigenvalue weighted by atomic mass is 32.3. The summed E-state index contributed by atoms with van der Waals surface area (Å²) in [4.78, 5) is 0. The molecule has 1 aliphatic rings. The highest BCUT2D eigenvalue weighted by Crippen LogP contribution is 2.30. The first-order valence-electron chi connectivity index (χ1n) is 8.88. The standard InChI is InChI=1S/C15H29NO9S3/c1-26-8-6-4-2-3-5-7-11(16-25-28(21,22)23)27-15-14(20)13(19)12(18)10(9-17)24-15/h10,12-15,17-20H,2-9H2,1H3,(H,21,22,23)/b16-11-.